The Kier molecular flexibility index (Phi) is 8.81. The molecule has 3 rings (SSSR count). The molecule has 0 unspecified atom stereocenters. The van der Waals surface area contributed by atoms with Crippen LogP contribution in [-0.4, -0.2) is 36.7 Å². The molecule has 0 bridgehead atoms. The Balaban J connectivity index is 1.81. The first-order valence-corrected chi connectivity index (χ1v) is 14.1. The number of unbranched alkanes of at least 4 members (excludes halogenated alkanes) is 2. The number of hydrogen-bond donors (Lipinski definition) is 1. The number of halogens is 1. The molecular weight excluding hydrogens is 510 g/mol. The average Bonchev–Trinajstić information content (AvgIpc) is 3.20. The van der Waals surface area contributed by atoms with Gasteiger partial charge in [0.25, 0.3) is 5.91 Å². The van der Waals surface area contributed by atoms with Gasteiger partial charge in [-0.1, -0.05) is 66.1 Å². The van der Waals surface area contributed by atoms with Gasteiger partial charge in [0.2, 0.25) is 10.0 Å². The molecule has 0 saturated carbocycles. The lowest BCUT2D eigenvalue weighted by Crippen LogP contribution is -2.33. The second kappa shape index (κ2) is 11.4. The van der Waals surface area contributed by atoms with Crippen molar-refractivity contribution in [2.24, 2.45) is 0 Å². The van der Waals surface area contributed by atoms with E-state index in [1.54, 1.807) is 34.6 Å². The van der Waals surface area contributed by atoms with Crippen molar-refractivity contribution in [3.63, 3.8) is 0 Å². The molecule has 1 amide bonds. The lowest BCUT2D eigenvalue weighted by molar-refractivity contribution is 0.102. The largest absolute Gasteiger partial charge is 0.298 e. The van der Waals surface area contributed by atoms with Crippen molar-refractivity contribution in [1.29, 1.82) is 0 Å². The molecule has 2 aromatic carbocycles. The van der Waals surface area contributed by atoms with Crippen LogP contribution in [0, 0.1) is 0 Å². The number of fused-ring (bicyclic) bond motifs is 1. The zero-order valence-electron chi connectivity index (χ0n) is 18.3. The van der Waals surface area contributed by atoms with Crippen LogP contribution in [0.15, 0.2) is 47.4 Å². The van der Waals surface area contributed by atoms with Gasteiger partial charge in [-0.2, -0.15) is 4.31 Å². The number of carbonyl (C=O) groups excluding carboxylic acids is 1. The summed E-state index contributed by atoms with van der Waals surface area (Å²) in [5, 5.41) is 3.99. The van der Waals surface area contributed by atoms with Crippen LogP contribution in [0.5, 0.6) is 0 Å². The Morgan fingerprint density at radius 3 is 2.31 bits per heavy atom. The first-order valence-electron chi connectivity index (χ1n) is 10.8. The van der Waals surface area contributed by atoms with Crippen molar-refractivity contribution in [3.8, 4) is 0 Å². The van der Waals surface area contributed by atoms with Crippen LogP contribution in [0.2, 0.25) is 0 Å². The van der Waals surface area contributed by atoms with Gasteiger partial charge in [0.05, 0.1) is 15.1 Å². The third-order valence-electron chi connectivity index (χ3n) is 5.11. The van der Waals surface area contributed by atoms with Crippen LogP contribution in [-0.2, 0) is 15.4 Å². The molecule has 0 aliphatic rings. The van der Waals surface area contributed by atoms with Crippen molar-refractivity contribution >= 4 is 58.5 Å². The van der Waals surface area contributed by atoms with Gasteiger partial charge in [-0.3, -0.25) is 10.1 Å². The second-order valence-electron chi connectivity index (χ2n) is 7.54. The van der Waals surface area contributed by atoms with E-state index in [1.807, 2.05) is 12.1 Å². The predicted molar refractivity (Wildman–Crippen MR) is 135 cm³/mol. The van der Waals surface area contributed by atoms with Crippen molar-refractivity contribution in [3.05, 3.63) is 53.6 Å². The van der Waals surface area contributed by atoms with E-state index in [2.05, 4.69) is 40.1 Å². The summed E-state index contributed by atoms with van der Waals surface area (Å²) < 4.78 is 28.8. The SMILES string of the molecule is CCCCN(CCCC)S(=O)(=O)c1ccc2nc(NC(=O)c3ccc(CBr)cc3)sc2c1. The molecule has 172 valence electrons. The highest BCUT2D eigenvalue weighted by molar-refractivity contribution is 9.08. The molecule has 0 aliphatic heterocycles. The molecule has 0 radical (unpaired) electrons. The zero-order chi connectivity index (χ0) is 23.1. The Morgan fingerprint density at radius 2 is 1.72 bits per heavy atom. The maximum Gasteiger partial charge on any atom is 0.257 e. The van der Waals surface area contributed by atoms with E-state index < -0.39 is 10.0 Å². The van der Waals surface area contributed by atoms with Gasteiger partial charge in [-0.25, -0.2) is 13.4 Å². The summed E-state index contributed by atoms with van der Waals surface area (Å²) in [5.74, 6) is -0.247. The van der Waals surface area contributed by atoms with E-state index in [0.717, 1.165) is 41.3 Å². The zero-order valence-corrected chi connectivity index (χ0v) is 21.5. The highest BCUT2D eigenvalue weighted by atomic mass is 79.9. The molecule has 0 atom stereocenters. The Labute approximate surface area is 202 Å². The molecule has 9 heteroatoms. The molecule has 1 N–H and O–H groups in total. The minimum atomic E-state index is -3.58. The molecule has 0 spiro atoms. The minimum absolute atomic E-state index is 0.247. The third-order valence-corrected chi connectivity index (χ3v) is 8.59. The lowest BCUT2D eigenvalue weighted by atomic mass is 10.1. The molecule has 3 aromatic rings. The standard InChI is InChI=1S/C23H28BrN3O3S2/c1-3-5-13-27(14-6-4-2)32(29,30)19-11-12-20-21(15-19)31-23(25-20)26-22(28)18-9-7-17(16-24)8-10-18/h7-12,15H,3-6,13-14,16H2,1-2H3,(H,25,26,28). The van der Waals surface area contributed by atoms with Crippen LogP contribution in [0.25, 0.3) is 10.2 Å². The molecule has 6 nitrogen and oxygen atoms in total. The minimum Gasteiger partial charge on any atom is -0.298 e. The number of amides is 1. The van der Waals surface area contributed by atoms with Crippen LogP contribution in [0.4, 0.5) is 5.13 Å². The Hall–Kier alpha value is -1.81. The number of aromatic nitrogens is 1. The van der Waals surface area contributed by atoms with E-state index in [1.165, 1.54) is 11.3 Å². The van der Waals surface area contributed by atoms with Gasteiger partial charge >= 0.3 is 0 Å². The number of thiazole rings is 1. The van der Waals surface area contributed by atoms with Gasteiger partial charge in [0.1, 0.15) is 0 Å². The van der Waals surface area contributed by atoms with Gasteiger partial charge < -0.3 is 0 Å². The monoisotopic (exact) mass is 537 g/mol. The van der Waals surface area contributed by atoms with Crippen molar-refractivity contribution in [1.82, 2.24) is 9.29 Å². The van der Waals surface area contributed by atoms with Crippen LogP contribution >= 0.6 is 27.3 Å². The van der Waals surface area contributed by atoms with E-state index in [4.69, 9.17) is 0 Å². The fourth-order valence-electron chi connectivity index (χ4n) is 3.20. The molecule has 0 saturated heterocycles. The highest BCUT2D eigenvalue weighted by Crippen LogP contribution is 2.30. The second-order valence-corrected chi connectivity index (χ2v) is 11.1. The molecular formula is C23H28BrN3O3S2. The van der Waals surface area contributed by atoms with Crippen molar-refractivity contribution in [2.45, 2.75) is 49.8 Å². The van der Waals surface area contributed by atoms with E-state index in [9.17, 15) is 13.2 Å². The number of hydrogen-bond acceptors (Lipinski definition) is 5. The lowest BCUT2D eigenvalue weighted by Gasteiger charge is -2.21. The van der Waals surface area contributed by atoms with E-state index in [0.29, 0.717) is 29.3 Å². The summed E-state index contributed by atoms with van der Waals surface area (Å²) in [4.78, 5) is 17.3. The molecule has 0 fully saturated rings. The number of anilines is 1. The Morgan fingerprint density at radius 1 is 1.06 bits per heavy atom. The molecule has 32 heavy (non-hydrogen) atoms. The summed E-state index contributed by atoms with van der Waals surface area (Å²) in [7, 11) is -3.58. The topological polar surface area (TPSA) is 79.4 Å². The fraction of sp³-hybridized carbons (Fsp3) is 0.391. The quantitative estimate of drug-likeness (QED) is 0.302. The number of sulfonamides is 1. The van der Waals surface area contributed by atoms with Gasteiger partial charge in [-0.15, -0.1) is 0 Å². The van der Waals surface area contributed by atoms with Gasteiger partial charge in [0, 0.05) is 24.0 Å². The maximum atomic E-state index is 13.2. The summed E-state index contributed by atoms with van der Waals surface area (Å²) in [6.45, 7) is 5.16. The number of nitrogens with one attached hydrogen (secondary N) is 1. The number of alkyl halides is 1. The third kappa shape index (κ3) is 5.95. The van der Waals surface area contributed by atoms with E-state index in [-0.39, 0.29) is 10.8 Å². The highest BCUT2D eigenvalue weighted by Gasteiger charge is 2.24. The van der Waals surface area contributed by atoms with Crippen molar-refractivity contribution in [2.75, 3.05) is 18.4 Å². The van der Waals surface area contributed by atoms with Crippen LogP contribution in [0.1, 0.15) is 55.5 Å². The Bertz CT molecular complexity index is 1150. The molecule has 0 aliphatic carbocycles. The summed E-state index contributed by atoms with van der Waals surface area (Å²) >= 11 is 4.66. The van der Waals surface area contributed by atoms with E-state index >= 15 is 0 Å². The van der Waals surface area contributed by atoms with Gasteiger partial charge in [-0.05, 0) is 48.7 Å². The summed E-state index contributed by atoms with van der Waals surface area (Å²) in [6, 6.07) is 12.3. The number of rotatable bonds is 11. The number of carbonyl (C=O) groups is 1. The predicted octanol–water partition coefficient (Wildman–Crippen LogP) is 6.03. The molecule has 1 heterocycles. The maximum absolute atomic E-state index is 13.2. The van der Waals surface area contributed by atoms with Crippen molar-refractivity contribution < 1.29 is 13.2 Å². The molecule has 1 aromatic heterocycles. The van der Waals surface area contributed by atoms with Gasteiger partial charge in [0.15, 0.2) is 5.13 Å². The summed E-state index contributed by atoms with van der Waals surface area (Å²) in [5.41, 5.74) is 2.29. The fourth-order valence-corrected chi connectivity index (χ4v) is 6.10. The average molecular weight is 539 g/mol. The first kappa shape index (κ1) is 24.8. The van der Waals surface area contributed by atoms with Crippen LogP contribution in [0.3, 0.4) is 0 Å². The normalized spacial score (nSPS) is 11.9. The number of nitrogens with zero attached hydrogens (tertiary/aromatic N) is 2. The first-order chi connectivity index (χ1) is 15.4. The summed E-state index contributed by atoms with van der Waals surface area (Å²) in [6.07, 6.45) is 3.54. The smallest absolute Gasteiger partial charge is 0.257 e. The van der Waals surface area contributed by atoms with Crippen LogP contribution < -0.4 is 5.32 Å². The number of benzene rings is 2.